The SMILES string of the molecule is Cn1c(Sc2ccc(C(F)(F)F)cc2[N+](=O)[O-])nc2sc3c(c2c1=O)CCC3. The van der Waals surface area contributed by atoms with Gasteiger partial charge in [0.1, 0.15) is 4.83 Å². The van der Waals surface area contributed by atoms with Crippen molar-refractivity contribution in [2.75, 3.05) is 0 Å². The standard InChI is InChI=1S/C17H12F3N3O3S2/c1-22-15(24)13-9-3-2-4-11(9)27-14(13)21-16(22)28-12-6-5-8(17(18,19)20)7-10(12)23(25)26/h5-7H,2-4H2,1H3. The minimum absolute atomic E-state index is 0.0102. The van der Waals surface area contributed by atoms with Crippen molar-refractivity contribution >= 4 is 39.0 Å². The molecule has 4 rings (SSSR count). The first-order valence-electron chi connectivity index (χ1n) is 8.21. The second-order valence-electron chi connectivity index (χ2n) is 6.34. The van der Waals surface area contributed by atoms with Gasteiger partial charge in [-0.05, 0) is 48.7 Å². The van der Waals surface area contributed by atoms with Crippen molar-refractivity contribution in [1.29, 1.82) is 0 Å². The number of alkyl halides is 3. The molecule has 0 saturated heterocycles. The van der Waals surface area contributed by atoms with Crippen LogP contribution in [0.3, 0.4) is 0 Å². The lowest BCUT2D eigenvalue weighted by Crippen LogP contribution is -2.20. The van der Waals surface area contributed by atoms with Gasteiger partial charge in [-0.15, -0.1) is 11.3 Å². The second kappa shape index (κ2) is 6.59. The van der Waals surface area contributed by atoms with E-state index in [0.29, 0.717) is 16.3 Å². The Morgan fingerprint density at radius 1 is 1.32 bits per heavy atom. The first-order valence-corrected chi connectivity index (χ1v) is 9.85. The molecule has 0 radical (unpaired) electrons. The number of hydrogen-bond acceptors (Lipinski definition) is 6. The van der Waals surface area contributed by atoms with Crippen LogP contribution in [-0.2, 0) is 26.1 Å². The second-order valence-corrected chi connectivity index (χ2v) is 8.43. The first-order chi connectivity index (χ1) is 13.2. The molecule has 0 bridgehead atoms. The fourth-order valence-corrected chi connectivity index (χ4v) is 5.46. The summed E-state index contributed by atoms with van der Waals surface area (Å²) in [5.41, 5.74) is -1.01. The van der Waals surface area contributed by atoms with Gasteiger partial charge in [0.05, 0.1) is 20.8 Å². The molecule has 0 saturated carbocycles. The van der Waals surface area contributed by atoms with Crippen molar-refractivity contribution in [3.05, 3.63) is 54.7 Å². The fourth-order valence-electron chi connectivity index (χ4n) is 3.22. The minimum atomic E-state index is -4.69. The molecule has 1 aliphatic rings. The van der Waals surface area contributed by atoms with Crippen LogP contribution in [0.1, 0.15) is 22.4 Å². The Hall–Kier alpha value is -2.40. The van der Waals surface area contributed by atoms with E-state index in [1.807, 2.05) is 0 Å². The fraction of sp³-hybridized carbons (Fsp3) is 0.294. The molecule has 0 aliphatic heterocycles. The quantitative estimate of drug-likeness (QED) is 0.348. The van der Waals surface area contributed by atoms with Crippen molar-refractivity contribution < 1.29 is 18.1 Å². The molecule has 0 spiro atoms. The van der Waals surface area contributed by atoms with Crippen LogP contribution in [0.5, 0.6) is 0 Å². The Kier molecular flexibility index (Phi) is 4.46. The van der Waals surface area contributed by atoms with Crippen LogP contribution in [-0.4, -0.2) is 14.5 Å². The molecule has 6 nitrogen and oxygen atoms in total. The van der Waals surface area contributed by atoms with Gasteiger partial charge < -0.3 is 0 Å². The van der Waals surface area contributed by atoms with Crippen LogP contribution in [0.4, 0.5) is 18.9 Å². The van der Waals surface area contributed by atoms with Crippen molar-refractivity contribution in [2.24, 2.45) is 7.05 Å². The molecule has 1 aliphatic carbocycles. The van der Waals surface area contributed by atoms with Crippen molar-refractivity contribution in [3.63, 3.8) is 0 Å². The third-order valence-corrected chi connectivity index (χ3v) is 6.89. The summed E-state index contributed by atoms with van der Waals surface area (Å²) in [4.78, 5) is 29.4. The van der Waals surface area contributed by atoms with Gasteiger partial charge >= 0.3 is 6.18 Å². The summed E-state index contributed by atoms with van der Waals surface area (Å²) in [5.74, 6) is 0. The smallest absolute Gasteiger partial charge is 0.290 e. The lowest BCUT2D eigenvalue weighted by Gasteiger charge is -2.10. The molecule has 0 N–H and O–H groups in total. The number of aromatic nitrogens is 2. The lowest BCUT2D eigenvalue weighted by atomic mass is 10.2. The molecule has 0 atom stereocenters. The van der Waals surface area contributed by atoms with Crippen molar-refractivity contribution in [3.8, 4) is 0 Å². The Balaban J connectivity index is 1.81. The predicted molar refractivity (Wildman–Crippen MR) is 99.1 cm³/mol. The van der Waals surface area contributed by atoms with Gasteiger partial charge in [0.2, 0.25) is 0 Å². The van der Waals surface area contributed by atoms with Gasteiger partial charge in [-0.2, -0.15) is 13.2 Å². The minimum Gasteiger partial charge on any atom is -0.290 e. The number of rotatable bonds is 3. The largest absolute Gasteiger partial charge is 0.416 e. The number of hydrogen-bond donors (Lipinski definition) is 0. The Labute approximate surface area is 164 Å². The number of nitro benzene ring substituents is 1. The van der Waals surface area contributed by atoms with E-state index in [4.69, 9.17) is 0 Å². The third kappa shape index (κ3) is 3.08. The molecular weight excluding hydrogens is 415 g/mol. The van der Waals surface area contributed by atoms with Gasteiger partial charge in [0.15, 0.2) is 5.16 Å². The zero-order valence-electron chi connectivity index (χ0n) is 14.4. The zero-order chi connectivity index (χ0) is 20.2. The third-order valence-electron chi connectivity index (χ3n) is 4.59. The molecular formula is C17H12F3N3O3S2. The summed E-state index contributed by atoms with van der Waals surface area (Å²) < 4.78 is 39.9. The van der Waals surface area contributed by atoms with E-state index in [0.717, 1.165) is 53.6 Å². The summed E-state index contributed by atoms with van der Waals surface area (Å²) in [5, 5.41) is 12.1. The summed E-state index contributed by atoms with van der Waals surface area (Å²) in [6, 6.07) is 2.32. The predicted octanol–water partition coefficient (Wildman–Crippen LogP) is 4.56. The summed E-state index contributed by atoms with van der Waals surface area (Å²) >= 11 is 2.24. The Bertz CT molecular complexity index is 1180. The molecule has 0 amide bonds. The summed E-state index contributed by atoms with van der Waals surface area (Å²) in [7, 11) is 1.51. The molecule has 146 valence electrons. The number of thiophene rings is 1. The van der Waals surface area contributed by atoms with Crippen molar-refractivity contribution in [1.82, 2.24) is 9.55 Å². The molecule has 3 aromatic rings. The Morgan fingerprint density at radius 3 is 2.75 bits per heavy atom. The lowest BCUT2D eigenvalue weighted by molar-refractivity contribution is -0.388. The van der Waals surface area contributed by atoms with Gasteiger partial charge in [0.25, 0.3) is 11.2 Å². The van der Waals surface area contributed by atoms with E-state index < -0.39 is 22.4 Å². The molecule has 28 heavy (non-hydrogen) atoms. The van der Waals surface area contributed by atoms with Gasteiger partial charge in [-0.1, -0.05) is 0 Å². The normalized spacial score (nSPS) is 13.9. The maximum Gasteiger partial charge on any atom is 0.416 e. The van der Waals surface area contributed by atoms with E-state index in [1.165, 1.54) is 23.0 Å². The molecule has 2 aromatic heterocycles. The van der Waals surface area contributed by atoms with Crippen LogP contribution in [0.25, 0.3) is 10.2 Å². The van der Waals surface area contributed by atoms with Crippen LogP contribution in [0.15, 0.2) is 33.0 Å². The van der Waals surface area contributed by atoms with Crippen LogP contribution >= 0.6 is 23.1 Å². The van der Waals surface area contributed by atoms with E-state index in [2.05, 4.69) is 4.98 Å². The highest BCUT2D eigenvalue weighted by molar-refractivity contribution is 7.99. The van der Waals surface area contributed by atoms with Gasteiger partial charge in [-0.25, -0.2) is 4.98 Å². The van der Waals surface area contributed by atoms with E-state index in [9.17, 15) is 28.1 Å². The molecule has 11 heteroatoms. The highest BCUT2D eigenvalue weighted by Gasteiger charge is 2.33. The summed E-state index contributed by atoms with van der Waals surface area (Å²) in [6.07, 6.45) is -1.97. The zero-order valence-corrected chi connectivity index (χ0v) is 16.0. The number of halogens is 3. The monoisotopic (exact) mass is 427 g/mol. The Morgan fingerprint density at radius 2 is 2.07 bits per heavy atom. The van der Waals surface area contributed by atoms with E-state index in [-0.39, 0.29) is 15.6 Å². The topological polar surface area (TPSA) is 78.0 Å². The van der Waals surface area contributed by atoms with Crippen LogP contribution in [0.2, 0.25) is 0 Å². The van der Waals surface area contributed by atoms with E-state index in [1.54, 1.807) is 0 Å². The van der Waals surface area contributed by atoms with Crippen molar-refractivity contribution in [2.45, 2.75) is 35.5 Å². The number of benzene rings is 1. The number of aryl methyl sites for hydroxylation is 2. The number of nitrogens with zero attached hydrogens (tertiary/aromatic N) is 3. The summed E-state index contributed by atoms with van der Waals surface area (Å²) in [6.45, 7) is 0. The molecule has 1 aromatic carbocycles. The molecule has 0 unspecified atom stereocenters. The highest BCUT2D eigenvalue weighted by atomic mass is 32.2. The molecule has 2 heterocycles. The number of nitro groups is 1. The van der Waals surface area contributed by atoms with E-state index >= 15 is 0 Å². The van der Waals surface area contributed by atoms with Crippen LogP contribution in [0, 0.1) is 10.1 Å². The average Bonchev–Trinajstić information content (AvgIpc) is 3.19. The van der Waals surface area contributed by atoms with Gasteiger partial charge in [-0.3, -0.25) is 19.5 Å². The molecule has 0 fully saturated rings. The average molecular weight is 427 g/mol. The highest BCUT2D eigenvalue weighted by Crippen LogP contribution is 2.40. The number of fused-ring (bicyclic) bond motifs is 3. The first kappa shape index (κ1) is 18.9. The van der Waals surface area contributed by atoms with Gasteiger partial charge in [0, 0.05) is 18.0 Å². The maximum absolute atomic E-state index is 12.9. The van der Waals surface area contributed by atoms with Crippen LogP contribution < -0.4 is 5.56 Å². The maximum atomic E-state index is 12.9.